The first-order chi connectivity index (χ1) is 41.0. The Morgan fingerprint density at radius 3 is 0.759 bits per heavy atom. The molecule has 0 aliphatic carbocycles. The van der Waals surface area contributed by atoms with Gasteiger partial charge in [0.1, 0.15) is 13.2 Å². The average Bonchev–Trinajstić information content (AvgIpc) is 3.49. The molecular formula is C77H132O6. The minimum atomic E-state index is -0.793. The smallest absolute Gasteiger partial charge is 0.306 e. The fourth-order valence-electron chi connectivity index (χ4n) is 9.94. The van der Waals surface area contributed by atoms with Gasteiger partial charge in [0.05, 0.1) is 0 Å². The lowest BCUT2D eigenvalue weighted by Gasteiger charge is -2.18. The third kappa shape index (κ3) is 68.7. The maximum absolute atomic E-state index is 13.0. The van der Waals surface area contributed by atoms with Crippen molar-refractivity contribution >= 4 is 17.9 Å². The van der Waals surface area contributed by atoms with Crippen LogP contribution in [-0.4, -0.2) is 37.2 Å². The molecule has 0 bridgehead atoms. The van der Waals surface area contributed by atoms with Gasteiger partial charge >= 0.3 is 17.9 Å². The molecule has 0 spiro atoms. The summed E-state index contributed by atoms with van der Waals surface area (Å²) in [7, 11) is 0. The number of esters is 3. The molecule has 0 radical (unpaired) electrons. The number of hydrogen-bond acceptors (Lipinski definition) is 6. The van der Waals surface area contributed by atoms with Crippen molar-refractivity contribution in [2.45, 2.75) is 348 Å². The molecule has 6 nitrogen and oxygen atoms in total. The van der Waals surface area contributed by atoms with Crippen molar-refractivity contribution in [1.82, 2.24) is 0 Å². The molecule has 0 amide bonds. The first-order valence-electron chi connectivity index (χ1n) is 35.4. The van der Waals surface area contributed by atoms with Gasteiger partial charge in [0.25, 0.3) is 0 Å². The van der Waals surface area contributed by atoms with Crippen molar-refractivity contribution in [2.75, 3.05) is 13.2 Å². The molecule has 476 valence electrons. The Morgan fingerprint density at radius 2 is 0.470 bits per heavy atom. The standard InChI is InChI=1S/C77H132O6/c1-4-7-10-13-16-19-22-25-28-30-32-34-35-36-37-38-39-40-41-43-44-46-49-52-55-58-61-64-67-70-76(79)82-73-74(72-81-75(78)69-66-63-60-57-54-51-48-27-24-21-18-15-12-9-6-3)83-77(80)71-68-65-62-59-56-53-50-47-45-42-33-31-29-26-23-20-17-14-11-8-5-2/h7,10,16,18-19,21,23,25-28,31-34,45,47-48,74H,4-6,8-9,11-15,17,20,22,24,29-30,35-44,46,49-73H2,1-3H3/b10-7-,19-16-,21-18-,26-23-,28-25-,33-31-,34-32-,47-45-,48-27-. The molecule has 0 heterocycles. The summed E-state index contributed by atoms with van der Waals surface area (Å²) in [6, 6.07) is 0. The molecule has 0 saturated carbocycles. The highest BCUT2D eigenvalue weighted by Crippen LogP contribution is 2.17. The molecule has 0 N–H and O–H groups in total. The van der Waals surface area contributed by atoms with Gasteiger partial charge in [-0.15, -0.1) is 0 Å². The molecule has 0 aromatic rings. The van der Waals surface area contributed by atoms with E-state index in [1.54, 1.807) is 0 Å². The number of ether oxygens (including phenoxy) is 3. The monoisotopic (exact) mass is 1150 g/mol. The summed E-state index contributed by atoms with van der Waals surface area (Å²) >= 11 is 0. The van der Waals surface area contributed by atoms with Crippen molar-refractivity contribution in [2.24, 2.45) is 0 Å². The summed E-state index contributed by atoms with van der Waals surface area (Å²) in [5.41, 5.74) is 0. The van der Waals surface area contributed by atoms with Gasteiger partial charge < -0.3 is 14.2 Å². The van der Waals surface area contributed by atoms with Gasteiger partial charge in [0.2, 0.25) is 0 Å². The van der Waals surface area contributed by atoms with E-state index in [1.165, 1.54) is 167 Å². The second-order valence-corrected chi connectivity index (χ2v) is 23.4. The largest absolute Gasteiger partial charge is 0.462 e. The van der Waals surface area contributed by atoms with Crippen LogP contribution in [0, 0.1) is 0 Å². The minimum absolute atomic E-state index is 0.0866. The van der Waals surface area contributed by atoms with Gasteiger partial charge in [0, 0.05) is 19.3 Å². The van der Waals surface area contributed by atoms with Gasteiger partial charge in [-0.1, -0.05) is 304 Å². The predicted octanol–water partition coefficient (Wildman–Crippen LogP) is 24.6. The molecule has 1 unspecified atom stereocenters. The van der Waals surface area contributed by atoms with E-state index in [9.17, 15) is 14.4 Å². The van der Waals surface area contributed by atoms with Crippen molar-refractivity contribution in [3.63, 3.8) is 0 Å². The van der Waals surface area contributed by atoms with E-state index in [1.807, 2.05) is 0 Å². The van der Waals surface area contributed by atoms with Crippen molar-refractivity contribution in [3.05, 3.63) is 109 Å². The van der Waals surface area contributed by atoms with Crippen LogP contribution in [0.1, 0.15) is 342 Å². The Kier molecular flexibility index (Phi) is 67.2. The third-order valence-electron chi connectivity index (χ3n) is 15.2. The Labute approximate surface area is 514 Å². The maximum atomic E-state index is 13.0. The van der Waals surface area contributed by atoms with Crippen LogP contribution in [0.15, 0.2) is 109 Å². The number of carbonyl (C=O) groups excluding carboxylic acids is 3. The molecule has 1 atom stereocenters. The number of unbranched alkanes of at least 4 members (excludes halogenated alkanes) is 35. The topological polar surface area (TPSA) is 78.9 Å². The Hall–Kier alpha value is -3.93. The van der Waals surface area contributed by atoms with Gasteiger partial charge in [-0.25, -0.2) is 0 Å². The average molecular weight is 1150 g/mol. The molecule has 0 aromatic carbocycles. The Balaban J connectivity index is 4.31. The van der Waals surface area contributed by atoms with E-state index in [0.717, 1.165) is 135 Å². The van der Waals surface area contributed by atoms with Crippen LogP contribution in [0.4, 0.5) is 0 Å². The van der Waals surface area contributed by atoms with Gasteiger partial charge in [-0.2, -0.15) is 0 Å². The highest BCUT2D eigenvalue weighted by Gasteiger charge is 2.19. The molecule has 0 rings (SSSR count). The van der Waals surface area contributed by atoms with Crippen LogP contribution in [0.25, 0.3) is 0 Å². The second kappa shape index (κ2) is 70.6. The lowest BCUT2D eigenvalue weighted by Crippen LogP contribution is -2.30. The summed E-state index contributed by atoms with van der Waals surface area (Å²) in [6.45, 7) is 6.50. The Morgan fingerprint density at radius 1 is 0.253 bits per heavy atom. The van der Waals surface area contributed by atoms with Crippen molar-refractivity contribution in [1.29, 1.82) is 0 Å². The first-order valence-corrected chi connectivity index (χ1v) is 35.4. The molecule has 0 fully saturated rings. The van der Waals surface area contributed by atoms with Crippen LogP contribution >= 0.6 is 0 Å². The van der Waals surface area contributed by atoms with Crippen LogP contribution in [-0.2, 0) is 28.6 Å². The molecule has 0 aliphatic rings. The van der Waals surface area contributed by atoms with Gasteiger partial charge in [-0.05, 0) is 128 Å². The van der Waals surface area contributed by atoms with Gasteiger partial charge in [0.15, 0.2) is 6.10 Å². The summed E-state index contributed by atoms with van der Waals surface area (Å²) in [5, 5.41) is 0. The van der Waals surface area contributed by atoms with E-state index >= 15 is 0 Å². The number of allylic oxidation sites excluding steroid dienone is 18. The minimum Gasteiger partial charge on any atom is -0.462 e. The summed E-state index contributed by atoms with van der Waals surface area (Å²) < 4.78 is 17.0. The molecule has 83 heavy (non-hydrogen) atoms. The molecule has 6 heteroatoms. The lowest BCUT2D eigenvalue weighted by molar-refractivity contribution is -0.167. The van der Waals surface area contributed by atoms with Crippen LogP contribution in [0.5, 0.6) is 0 Å². The zero-order chi connectivity index (χ0) is 59.9. The lowest BCUT2D eigenvalue weighted by atomic mass is 10.0. The zero-order valence-electron chi connectivity index (χ0n) is 54.7. The summed E-state index contributed by atoms with van der Waals surface area (Å²) in [6.07, 6.45) is 96.8. The maximum Gasteiger partial charge on any atom is 0.306 e. The fourth-order valence-corrected chi connectivity index (χ4v) is 9.94. The molecule has 0 aromatic heterocycles. The van der Waals surface area contributed by atoms with E-state index in [-0.39, 0.29) is 31.1 Å². The molecular weight excluding hydrogens is 1020 g/mol. The highest BCUT2D eigenvalue weighted by atomic mass is 16.6. The molecule has 0 saturated heterocycles. The highest BCUT2D eigenvalue weighted by molar-refractivity contribution is 5.71. The van der Waals surface area contributed by atoms with E-state index in [2.05, 4.69) is 130 Å². The number of carbonyl (C=O) groups is 3. The van der Waals surface area contributed by atoms with Crippen LogP contribution in [0.3, 0.4) is 0 Å². The quantitative estimate of drug-likeness (QED) is 0.0261. The second-order valence-electron chi connectivity index (χ2n) is 23.4. The van der Waals surface area contributed by atoms with Crippen LogP contribution in [0.2, 0.25) is 0 Å². The third-order valence-corrected chi connectivity index (χ3v) is 15.2. The van der Waals surface area contributed by atoms with Crippen molar-refractivity contribution < 1.29 is 28.6 Å². The van der Waals surface area contributed by atoms with E-state index in [4.69, 9.17) is 14.2 Å². The fraction of sp³-hybridized carbons (Fsp3) is 0.727. The zero-order valence-corrected chi connectivity index (χ0v) is 54.7. The predicted molar refractivity (Wildman–Crippen MR) is 362 cm³/mol. The normalized spacial score (nSPS) is 12.8. The van der Waals surface area contributed by atoms with Crippen molar-refractivity contribution in [3.8, 4) is 0 Å². The van der Waals surface area contributed by atoms with E-state index in [0.29, 0.717) is 19.3 Å². The number of hydrogen-bond donors (Lipinski definition) is 0. The van der Waals surface area contributed by atoms with Crippen LogP contribution < -0.4 is 0 Å². The summed E-state index contributed by atoms with van der Waals surface area (Å²) in [5.74, 6) is -0.900. The molecule has 0 aliphatic heterocycles. The number of rotatable bonds is 64. The van der Waals surface area contributed by atoms with E-state index < -0.39 is 6.10 Å². The van der Waals surface area contributed by atoms with Gasteiger partial charge in [-0.3, -0.25) is 14.4 Å². The Bertz CT molecular complexity index is 1660. The summed E-state index contributed by atoms with van der Waals surface area (Å²) in [4.78, 5) is 38.5. The first kappa shape index (κ1) is 79.1. The SMILES string of the molecule is CC/C=C\C/C=C\C/C=C\C/C=C\CCCCCCCCCCCCCCCCCCC(=O)OCC(COC(=O)CCCCCCC/C=C\C/C=C\CCCCC)OC(=O)CCCCCCCC/C=C\C/C=C\C/C=C\CCCCCCC.